The second-order valence-corrected chi connectivity index (χ2v) is 18.3. The normalized spacial score (nSPS) is 20.8. The van der Waals surface area contributed by atoms with E-state index < -0.39 is 29.8 Å². The van der Waals surface area contributed by atoms with Gasteiger partial charge in [-0.2, -0.15) is 0 Å². The molecule has 5 aromatic rings. The van der Waals surface area contributed by atoms with Crippen LogP contribution in [-0.4, -0.2) is 117 Å². The minimum atomic E-state index is -1.22. The van der Waals surface area contributed by atoms with E-state index in [0.29, 0.717) is 55.0 Å². The molecule has 3 atom stereocenters. The van der Waals surface area contributed by atoms with Gasteiger partial charge in [0.2, 0.25) is 11.8 Å². The van der Waals surface area contributed by atoms with Crippen LogP contribution in [-0.2, 0) is 33.9 Å². The van der Waals surface area contributed by atoms with Crippen LogP contribution in [0.25, 0.3) is 11.1 Å². The van der Waals surface area contributed by atoms with Crippen LogP contribution >= 0.6 is 11.3 Å². The number of anilines is 3. The van der Waals surface area contributed by atoms with Gasteiger partial charge < -0.3 is 29.9 Å². The van der Waals surface area contributed by atoms with Crippen molar-refractivity contribution in [1.82, 2.24) is 34.6 Å². The summed E-state index contributed by atoms with van der Waals surface area (Å²) in [4.78, 5) is 69.9. The Balaban J connectivity index is 0.730. The topological polar surface area (TPSA) is 148 Å². The number of imidazole rings is 1. The second kappa shape index (κ2) is 17.8. The number of nitrogens with zero attached hydrogens (tertiary/aromatic N) is 7. The van der Waals surface area contributed by atoms with Crippen LogP contribution in [0, 0.1) is 5.82 Å². The molecule has 0 aliphatic carbocycles. The Bertz CT molecular complexity index is 2540. The summed E-state index contributed by atoms with van der Waals surface area (Å²) in [6.07, 6.45) is 5.78. The number of halogens is 2. The van der Waals surface area contributed by atoms with Crippen molar-refractivity contribution in [2.45, 2.75) is 69.4 Å². The van der Waals surface area contributed by atoms with E-state index in [2.05, 4.69) is 60.0 Å². The van der Waals surface area contributed by atoms with Gasteiger partial charge in [0.1, 0.15) is 18.0 Å². The number of carbonyl (C=O) groups is 4. The maximum Gasteiger partial charge on any atom is 0.255 e. The van der Waals surface area contributed by atoms with E-state index in [1.165, 1.54) is 34.2 Å². The number of piperidine rings is 2. The third-order valence-electron chi connectivity index (χ3n) is 13.4. The van der Waals surface area contributed by atoms with Crippen molar-refractivity contribution in [1.29, 1.82) is 0 Å². The van der Waals surface area contributed by atoms with Gasteiger partial charge in [0.15, 0.2) is 11.2 Å². The molecule has 0 bridgehead atoms. The smallest absolute Gasteiger partial charge is 0.255 e. The molecule has 17 heteroatoms. The highest BCUT2D eigenvalue weighted by molar-refractivity contribution is 7.13. The second-order valence-electron chi connectivity index (χ2n) is 17.4. The number of thiazole rings is 1. The molecule has 5 aliphatic heterocycles. The minimum Gasteiger partial charge on any atom is -0.374 e. The summed E-state index contributed by atoms with van der Waals surface area (Å²) >= 11 is 1.22. The first-order chi connectivity index (χ1) is 31.1. The van der Waals surface area contributed by atoms with Gasteiger partial charge in [-0.15, -0.1) is 11.3 Å². The average molecular weight is 889 g/mol. The fourth-order valence-corrected chi connectivity index (χ4v) is 10.4. The van der Waals surface area contributed by atoms with Gasteiger partial charge in [0, 0.05) is 78.9 Å². The lowest BCUT2D eigenvalue weighted by atomic mass is 9.89. The number of alkyl halides is 1. The highest BCUT2D eigenvalue weighted by Crippen LogP contribution is 2.39. The first-order valence-corrected chi connectivity index (χ1v) is 23.0. The molecule has 2 unspecified atom stereocenters. The monoisotopic (exact) mass is 888 g/mol. The molecule has 3 aromatic carbocycles. The molecule has 0 saturated carbocycles. The Labute approximate surface area is 373 Å². The summed E-state index contributed by atoms with van der Waals surface area (Å²) in [5, 5.41) is 11.1. The number of amides is 4. The molecule has 5 aliphatic rings. The zero-order valence-electron chi connectivity index (χ0n) is 35.3. The van der Waals surface area contributed by atoms with E-state index in [0.717, 1.165) is 62.3 Å². The predicted molar refractivity (Wildman–Crippen MR) is 239 cm³/mol. The molecular formula is C47H50F2N10O4S. The first-order valence-electron chi connectivity index (χ1n) is 22.2. The Morgan fingerprint density at radius 1 is 0.922 bits per heavy atom. The number of benzene rings is 3. The number of rotatable bonds is 11. The lowest BCUT2D eigenvalue weighted by molar-refractivity contribution is -0.133. The van der Waals surface area contributed by atoms with Gasteiger partial charge in [-0.3, -0.25) is 29.4 Å². The maximum atomic E-state index is 15.9. The Morgan fingerprint density at radius 2 is 1.70 bits per heavy atom. The van der Waals surface area contributed by atoms with Gasteiger partial charge >= 0.3 is 0 Å². The number of aromatic nitrogens is 3. The van der Waals surface area contributed by atoms with Gasteiger partial charge in [0.05, 0.1) is 31.7 Å². The molecule has 3 N–H and O–H groups in total. The molecule has 2 aromatic heterocycles. The Morgan fingerprint density at radius 3 is 2.44 bits per heavy atom. The standard InChI is InChI=1S/C47H50F2N10O4S/c48-33-24-40-42(52-28-58(40)25-33)43(45(62)54-47-51-14-21-64-47)59-26-37-36(46(59)63)22-32(23-38(37)49)30-5-9-35(10-6-30)56-17-19-57(20-18-56)41(60)27-55-15-11-31(12-16-55)29-3-7-34(8-4-29)53-39-2-1-13-50-44(39)61/h3-10,14,21-23,28,31,33,39,43,53H,1-2,11-13,15-20,24-27H2,(H,50,61)(H,51,54,62)/t33-,39?,43?/m1/s1. The van der Waals surface area contributed by atoms with Crippen LogP contribution in [0.2, 0.25) is 0 Å². The summed E-state index contributed by atoms with van der Waals surface area (Å²) in [6, 6.07) is 17.9. The van der Waals surface area contributed by atoms with Crippen LogP contribution in [0.1, 0.15) is 70.5 Å². The zero-order valence-corrected chi connectivity index (χ0v) is 36.2. The highest BCUT2D eigenvalue weighted by Gasteiger charge is 2.43. The zero-order chi connectivity index (χ0) is 43.9. The Hall–Kier alpha value is -6.20. The van der Waals surface area contributed by atoms with Crippen molar-refractivity contribution in [2.24, 2.45) is 0 Å². The minimum absolute atomic E-state index is 0.0619. The molecular weight excluding hydrogens is 839 g/mol. The van der Waals surface area contributed by atoms with Gasteiger partial charge in [-0.25, -0.2) is 18.7 Å². The van der Waals surface area contributed by atoms with Crippen molar-refractivity contribution >= 4 is 51.5 Å². The Kier molecular flexibility index (Phi) is 11.6. The van der Waals surface area contributed by atoms with E-state index in [9.17, 15) is 23.6 Å². The number of carbonyl (C=O) groups excluding carboxylic acids is 4. The third kappa shape index (κ3) is 8.45. The quantitative estimate of drug-likeness (QED) is 0.154. The van der Waals surface area contributed by atoms with E-state index >= 15 is 4.39 Å². The van der Waals surface area contributed by atoms with Crippen molar-refractivity contribution in [2.75, 3.05) is 67.9 Å². The fraction of sp³-hybridized carbons (Fsp3) is 0.404. The number of hydrogen-bond donors (Lipinski definition) is 3. The van der Waals surface area contributed by atoms with Crippen LogP contribution in [0.4, 0.5) is 25.3 Å². The van der Waals surface area contributed by atoms with Crippen molar-refractivity contribution in [3.8, 4) is 11.1 Å². The van der Waals surface area contributed by atoms with Crippen LogP contribution in [0.3, 0.4) is 0 Å². The predicted octanol–water partition coefficient (Wildman–Crippen LogP) is 5.59. The summed E-state index contributed by atoms with van der Waals surface area (Å²) in [5.41, 5.74) is 5.67. The third-order valence-corrected chi connectivity index (χ3v) is 14.1. The summed E-state index contributed by atoms with van der Waals surface area (Å²) < 4.78 is 32.1. The van der Waals surface area contributed by atoms with E-state index in [1.807, 2.05) is 29.2 Å². The van der Waals surface area contributed by atoms with Crippen molar-refractivity contribution in [3.05, 3.63) is 112 Å². The van der Waals surface area contributed by atoms with E-state index in [4.69, 9.17) is 0 Å². The van der Waals surface area contributed by atoms with Gasteiger partial charge in [-0.1, -0.05) is 24.3 Å². The summed E-state index contributed by atoms with van der Waals surface area (Å²) in [5.74, 6) is -0.969. The molecule has 0 radical (unpaired) electrons. The number of nitrogens with one attached hydrogen (secondary N) is 3. The average Bonchev–Trinajstić information content (AvgIpc) is 4.12. The molecule has 14 nitrogen and oxygen atoms in total. The lowest BCUT2D eigenvalue weighted by Gasteiger charge is -2.38. The summed E-state index contributed by atoms with van der Waals surface area (Å²) in [6.45, 7) is 5.47. The van der Waals surface area contributed by atoms with E-state index in [-0.39, 0.29) is 54.2 Å². The molecule has 3 saturated heterocycles. The molecule has 7 heterocycles. The number of likely N-dealkylation sites (tertiary alicyclic amines) is 1. The lowest BCUT2D eigenvalue weighted by Crippen LogP contribution is -2.51. The van der Waals surface area contributed by atoms with Gasteiger partial charge in [0.25, 0.3) is 11.8 Å². The van der Waals surface area contributed by atoms with E-state index in [1.54, 1.807) is 22.2 Å². The molecule has 10 rings (SSSR count). The largest absolute Gasteiger partial charge is 0.374 e. The molecule has 0 spiro atoms. The number of fused-ring (bicyclic) bond motifs is 2. The number of piperazine rings is 1. The van der Waals surface area contributed by atoms with Crippen LogP contribution < -0.4 is 20.9 Å². The van der Waals surface area contributed by atoms with Crippen LogP contribution in [0.5, 0.6) is 0 Å². The SMILES string of the molecule is O=C1NCCCC1Nc1ccc(C2CCN(CC(=O)N3CCN(c4ccc(-c5cc(F)c6c(c5)C(=O)N(C(C(=O)Nc5nccs5)c5ncn7c5C[C@@H](F)C7)C6)cc4)CC3)CC2)cc1. The first kappa shape index (κ1) is 41.8. The molecule has 3 fully saturated rings. The van der Waals surface area contributed by atoms with Crippen molar-refractivity contribution in [3.63, 3.8) is 0 Å². The van der Waals surface area contributed by atoms with Crippen LogP contribution in [0.15, 0.2) is 78.6 Å². The molecule has 64 heavy (non-hydrogen) atoms. The summed E-state index contributed by atoms with van der Waals surface area (Å²) in [7, 11) is 0. The van der Waals surface area contributed by atoms with Crippen molar-refractivity contribution < 1.29 is 28.0 Å². The number of hydrogen-bond acceptors (Lipinski definition) is 10. The molecule has 332 valence electrons. The highest BCUT2D eigenvalue weighted by atomic mass is 32.1. The fourth-order valence-electron chi connectivity index (χ4n) is 9.91. The molecule has 4 amide bonds. The maximum absolute atomic E-state index is 15.9. The van der Waals surface area contributed by atoms with Gasteiger partial charge in [-0.05, 0) is 97.8 Å².